The van der Waals surface area contributed by atoms with Crippen molar-refractivity contribution >= 4 is 21.1 Å². The van der Waals surface area contributed by atoms with Gasteiger partial charge in [0, 0.05) is 23.5 Å². The minimum atomic E-state index is -4.73. The van der Waals surface area contributed by atoms with Crippen LogP contribution < -0.4 is 4.72 Å². The number of halogens is 3. The Morgan fingerprint density at radius 1 is 1.09 bits per heavy atom. The molecule has 4 aromatic rings. The first-order valence-electron chi connectivity index (χ1n) is 10.0. The minimum absolute atomic E-state index is 0.263. The molecule has 1 aromatic carbocycles. The number of alkyl halides is 3. The van der Waals surface area contributed by atoms with E-state index in [9.17, 15) is 26.9 Å². The summed E-state index contributed by atoms with van der Waals surface area (Å²) in [7, 11) is -4.47. The van der Waals surface area contributed by atoms with Gasteiger partial charge in [0.05, 0.1) is 17.0 Å². The highest BCUT2D eigenvalue weighted by atomic mass is 32.2. The van der Waals surface area contributed by atoms with Gasteiger partial charge in [0.25, 0.3) is 0 Å². The number of aryl methyl sites for hydroxylation is 1. The van der Waals surface area contributed by atoms with Crippen LogP contribution in [0.5, 0.6) is 0 Å². The summed E-state index contributed by atoms with van der Waals surface area (Å²) in [5, 5.41) is 10.6. The minimum Gasteiger partial charge on any atom is -0.291 e. The molecule has 0 radical (unpaired) electrons. The van der Waals surface area contributed by atoms with Gasteiger partial charge in [0.15, 0.2) is 0 Å². The van der Waals surface area contributed by atoms with E-state index in [4.69, 9.17) is 0 Å². The fraction of sp³-hybridized carbons (Fsp3) is 0.174. The van der Waals surface area contributed by atoms with Crippen molar-refractivity contribution in [3.8, 4) is 23.1 Å². The molecule has 11 heteroatoms. The van der Waals surface area contributed by atoms with Crippen LogP contribution in [0.25, 0.3) is 28.1 Å². The molecule has 4 rings (SSSR count). The van der Waals surface area contributed by atoms with Gasteiger partial charge in [-0.05, 0) is 49.7 Å². The van der Waals surface area contributed by atoms with Crippen LogP contribution in [0.3, 0.4) is 0 Å². The molecule has 3 heterocycles. The van der Waals surface area contributed by atoms with Gasteiger partial charge in [-0.1, -0.05) is 18.2 Å². The second-order valence-corrected chi connectivity index (χ2v) is 9.37. The molecule has 0 amide bonds. The van der Waals surface area contributed by atoms with Gasteiger partial charge in [-0.15, -0.1) is 0 Å². The molecule has 0 bridgehead atoms. The first kappa shape index (κ1) is 23.4. The number of rotatable bonds is 5. The first-order valence-corrected chi connectivity index (χ1v) is 11.5. The van der Waals surface area contributed by atoms with Crippen molar-refractivity contribution in [3.63, 3.8) is 0 Å². The zero-order valence-electron chi connectivity index (χ0n) is 18.0. The summed E-state index contributed by atoms with van der Waals surface area (Å²) in [6, 6.07) is 13.4. The van der Waals surface area contributed by atoms with Crippen LogP contribution in [0.1, 0.15) is 18.1 Å². The van der Waals surface area contributed by atoms with Crippen LogP contribution in [-0.4, -0.2) is 35.2 Å². The Morgan fingerprint density at radius 3 is 2.38 bits per heavy atom. The number of hydrogen-bond donors (Lipinski definition) is 1. The van der Waals surface area contributed by atoms with E-state index >= 15 is 0 Å². The van der Waals surface area contributed by atoms with Gasteiger partial charge >= 0.3 is 6.18 Å². The third-order valence-corrected chi connectivity index (χ3v) is 6.71. The zero-order chi connectivity index (χ0) is 24.7. The molecule has 1 atom stereocenters. The molecular formula is C23H18F3N5O2S. The van der Waals surface area contributed by atoms with Gasteiger partial charge < -0.3 is 0 Å². The number of hydrogen-bond acceptors (Lipinski definition) is 5. The topological polar surface area (TPSA) is 101 Å². The number of nitrogens with one attached hydrogen (secondary N) is 1. The number of para-hydroxylation sites is 1. The predicted molar refractivity (Wildman–Crippen MR) is 120 cm³/mol. The predicted octanol–water partition coefficient (Wildman–Crippen LogP) is 4.50. The molecule has 1 N–H and O–H groups in total. The van der Waals surface area contributed by atoms with Crippen LogP contribution in [0.4, 0.5) is 13.2 Å². The summed E-state index contributed by atoms with van der Waals surface area (Å²) in [6.45, 7) is 2.56. The second kappa shape index (κ2) is 8.55. The number of sulfonamides is 1. The molecule has 0 saturated carbocycles. The molecule has 0 aliphatic carbocycles. The number of aromatic nitrogens is 3. The Bertz CT molecular complexity index is 1510. The molecule has 0 unspecified atom stereocenters. The van der Waals surface area contributed by atoms with Crippen LogP contribution >= 0.6 is 0 Å². The number of fused-ring (bicyclic) bond motifs is 1. The number of pyridine rings is 2. The largest absolute Gasteiger partial charge is 0.404 e. The molecule has 174 valence electrons. The summed E-state index contributed by atoms with van der Waals surface area (Å²) in [6.07, 6.45) is -2.10. The van der Waals surface area contributed by atoms with Gasteiger partial charge in [-0.25, -0.2) is 13.4 Å². The summed E-state index contributed by atoms with van der Waals surface area (Å²) in [5.41, 5.74) is 3.02. The SMILES string of the molecule is Cc1cnc2c(c1)c(C#N)c(-c1ccc(S(=O)(=O)N[C@@H](C)C(F)(F)F)cn1)n2-c1ccccc1. The Morgan fingerprint density at radius 2 is 1.79 bits per heavy atom. The molecule has 34 heavy (non-hydrogen) atoms. The number of benzene rings is 1. The van der Waals surface area contributed by atoms with Gasteiger partial charge in [-0.2, -0.15) is 23.2 Å². The molecule has 0 fully saturated rings. The van der Waals surface area contributed by atoms with E-state index < -0.39 is 27.1 Å². The standard InChI is InChI=1S/C23H18F3N5O2S/c1-14-10-18-19(11-27)21(31(22(18)29-12-14)16-6-4-3-5-7-16)20-9-8-17(13-28-20)34(32,33)30-15(2)23(24,25)26/h3-10,12-13,15,30H,1-2H3/t15-/m0/s1. The van der Waals surface area contributed by atoms with E-state index in [1.165, 1.54) is 6.07 Å². The van der Waals surface area contributed by atoms with E-state index in [1.807, 2.05) is 43.3 Å². The number of nitrogens with zero attached hydrogens (tertiary/aromatic N) is 4. The quantitative estimate of drug-likeness (QED) is 0.449. The zero-order valence-corrected chi connectivity index (χ0v) is 18.8. The van der Waals surface area contributed by atoms with Crippen molar-refractivity contribution in [1.29, 1.82) is 5.26 Å². The second-order valence-electron chi connectivity index (χ2n) is 7.65. The lowest BCUT2D eigenvalue weighted by atomic mass is 10.1. The van der Waals surface area contributed by atoms with Crippen molar-refractivity contribution in [2.75, 3.05) is 0 Å². The molecule has 0 aliphatic heterocycles. The van der Waals surface area contributed by atoms with Crippen molar-refractivity contribution in [2.24, 2.45) is 0 Å². The van der Waals surface area contributed by atoms with Crippen LogP contribution in [-0.2, 0) is 10.0 Å². The summed E-state index contributed by atoms with van der Waals surface area (Å²) >= 11 is 0. The maximum Gasteiger partial charge on any atom is 0.404 e. The van der Waals surface area contributed by atoms with Crippen molar-refractivity contribution in [3.05, 3.63) is 72.1 Å². The normalized spacial score (nSPS) is 13.1. The van der Waals surface area contributed by atoms with Crippen LogP contribution in [0.2, 0.25) is 0 Å². The van der Waals surface area contributed by atoms with Crippen molar-refractivity contribution < 1.29 is 21.6 Å². The Kier molecular flexibility index (Phi) is 5.89. The Hall–Kier alpha value is -3.75. The van der Waals surface area contributed by atoms with E-state index in [-0.39, 0.29) is 5.69 Å². The highest BCUT2D eigenvalue weighted by Crippen LogP contribution is 2.35. The maximum atomic E-state index is 12.8. The molecule has 7 nitrogen and oxygen atoms in total. The highest BCUT2D eigenvalue weighted by molar-refractivity contribution is 7.89. The van der Waals surface area contributed by atoms with Crippen molar-refractivity contribution in [2.45, 2.75) is 31.0 Å². The lowest BCUT2D eigenvalue weighted by Gasteiger charge is -2.17. The molecule has 3 aromatic heterocycles. The van der Waals surface area contributed by atoms with E-state index in [2.05, 4.69) is 16.0 Å². The molecule has 0 spiro atoms. The van der Waals surface area contributed by atoms with E-state index in [0.29, 0.717) is 34.9 Å². The Balaban J connectivity index is 1.87. The van der Waals surface area contributed by atoms with Crippen LogP contribution in [0.15, 0.2) is 65.8 Å². The highest BCUT2D eigenvalue weighted by Gasteiger charge is 2.39. The summed E-state index contributed by atoms with van der Waals surface area (Å²) in [5.74, 6) is 0. The molecular weight excluding hydrogens is 467 g/mol. The lowest BCUT2D eigenvalue weighted by molar-refractivity contribution is -0.147. The Labute approximate surface area is 193 Å². The molecule has 0 aliphatic rings. The maximum absolute atomic E-state index is 12.8. The fourth-order valence-corrected chi connectivity index (χ4v) is 4.67. The smallest absolute Gasteiger partial charge is 0.291 e. The number of nitriles is 1. The lowest BCUT2D eigenvalue weighted by Crippen LogP contribution is -2.42. The molecule has 0 saturated heterocycles. The monoisotopic (exact) mass is 485 g/mol. The van der Waals surface area contributed by atoms with Gasteiger partial charge in [-0.3, -0.25) is 9.55 Å². The van der Waals surface area contributed by atoms with Crippen LogP contribution in [0, 0.1) is 18.3 Å². The third-order valence-electron chi connectivity index (χ3n) is 5.18. The van der Waals surface area contributed by atoms with Gasteiger partial charge in [0.2, 0.25) is 10.0 Å². The third kappa shape index (κ3) is 4.25. The summed E-state index contributed by atoms with van der Waals surface area (Å²) in [4.78, 5) is 8.26. The van der Waals surface area contributed by atoms with E-state index in [0.717, 1.165) is 17.8 Å². The fourth-order valence-electron chi connectivity index (χ4n) is 3.50. The average Bonchev–Trinajstić information content (AvgIpc) is 3.12. The summed E-state index contributed by atoms with van der Waals surface area (Å²) < 4.78 is 66.6. The average molecular weight is 485 g/mol. The van der Waals surface area contributed by atoms with Gasteiger partial charge in [0.1, 0.15) is 22.7 Å². The first-order chi connectivity index (χ1) is 16.0. The van der Waals surface area contributed by atoms with Crippen molar-refractivity contribution in [1.82, 2.24) is 19.3 Å². The van der Waals surface area contributed by atoms with E-state index in [1.54, 1.807) is 15.5 Å².